The molecule has 9 heteroatoms. The number of carbonyl (C=O) groups is 2. The molecule has 1 aliphatic heterocycles. The lowest BCUT2D eigenvalue weighted by Gasteiger charge is -2.21. The van der Waals surface area contributed by atoms with Gasteiger partial charge >= 0.3 is 11.9 Å². The van der Waals surface area contributed by atoms with E-state index in [1.54, 1.807) is 0 Å². The van der Waals surface area contributed by atoms with Crippen LogP contribution in [0.3, 0.4) is 0 Å². The maximum atomic E-state index is 9.10. The molecule has 0 amide bonds. The first-order valence-corrected chi connectivity index (χ1v) is 8.63. The minimum Gasteiger partial charge on any atom is -0.473 e. The van der Waals surface area contributed by atoms with E-state index in [1.807, 2.05) is 6.08 Å². The van der Waals surface area contributed by atoms with Crippen molar-refractivity contribution in [3.05, 3.63) is 23.9 Å². The molecule has 2 rings (SSSR count). The largest absolute Gasteiger partial charge is 0.473 e. The van der Waals surface area contributed by atoms with Crippen LogP contribution in [-0.4, -0.2) is 62.5 Å². The Bertz CT molecular complexity index is 615. The van der Waals surface area contributed by atoms with Crippen molar-refractivity contribution in [2.45, 2.75) is 26.2 Å². The van der Waals surface area contributed by atoms with Crippen LogP contribution < -0.4 is 4.74 Å². The second-order valence-electron chi connectivity index (χ2n) is 5.36. The van der Waals surface area contributed by atoms with Crippen LogP contribution >= 0.6 is 11.7 Å². The van der Waals surface area contributed by atoms with E-state index in [1.165, 1.54) is 23.7 Å². The minimum absolute atomic E-state index is 0.571. The summed E-state index contributed by atoms with van der Waals surface area (Å²) in [6.45, 7) is 4.77. The third-order valence-electron chi connectivity index (χ3n) is 3.23. The molecule has 138 valence electrons. The molecule has 0 bridgehead atoms. The number of likely N-dealkylation sites (N-methyl/N-ethyl adjacent to an activating group) is 1. The molecule has 0 unspecified atom stereocenters. The van der Waals surface area contributed by atoms with Gasteiger partial charge in [-0.15, -0.1) is 4.37 Å². The third-order valence-corrected chi connectivity index (χ3v) is 3.74. The van der Waals surface area contributed by atoms with E-state index in [9.17, 15) is 0 Å². The van der Waals surface area contributed by atoms with Gasteiger partial charge in [-0.1, -0.05) is 31.6 Å². The van der Waals surface area contributed by atoms with Gasteiger partial charge in [0.25, 0.3) is 5.88 Å². The maximum Gasteiger partial charge on any atom is 0.414 e. The molecule has 0 saturated carbocycles. The van der Waals surface area contributed by atoms with Gasteiger partial charge in [-0.25, -0.2) is 9.59 Å². The van der Waals surface area contributed by atoms with Crippen LogP contribution in [0.25, 0.3) is 5.57 Å². The Hall–Kier alpha value is -2.26. The van der Waals surface area contributed by atoms with Crippen LogP contribution in [0.5, 0.6) is 5.88 Å². The van der Waals surface area contributed by atoms with Crippen LogP contribution in [0.2, 0.25) is 0 Å². The lowest BCUT2D eigenvalue weighted by molar-refractivity contribution is -0.159. The number of allylic oxidation sites excluding steroid dienone is 1. The number of carboxylic acid groups (broad SMARTS) is 2. The first-order valence-electron chi connectivity index (χ1n) is 7.90. The van der Waals surface area contributed by atoms with Gasteiger partial charge in [0.2, 0.25) is 0 Å². The Labute approximate surface area is 150 Å². The van der Waals surface area contributed by atoms with Crippen LogP contribution in [0, 0.1) is 0 Å². The second kappa shape index (κ2) is 11.3. The highest BCUT2D eigenvalue weighted by Gasteiger charge is 2.18. The molecule has 1 aromatic heterocycles. The van der Waals surface area contributed by atoms with Gasteiger partial charge in [-0.2, -0.15) is 4.37 Å². The Balaban J connectivity index is 0.000000450. The lowest BCUT2D eigenvalue weighted by Crippen LogP contribution is -2.25. The molecule has 2 N–H and O–H groups in total. The monoisotopic (exact) mass is 369 g/mol. The molecule has 2 heterocycles. The number of ether oxygens (including phenoxy) is 1. The summed E-state index contributed by atoms with van der Waals surface area (Å²) in [4.78, 5) is 20.5. The van der Waals surface area contributed by atoms with Crippen molar-refractivity contribution in [2.24, 2.45) is 0 Å². The zero-order valence-electron chi connectivity index (χ0n) is 14.3. The maximum absolute atomic E-state index is 9.10. The van der Waals surface area contributed by atoms with Crippen molar-refractivity contribution in [1.29, 1.82) is 0 Å². The summed E-state index contributed by atoms with van der Waals surface area (Å²) in [6, 6.07) is 0. The summed E-state index contributed by atoms with van der Waals surface area (Å²) in [5.41, 5.74) is 2.15. The van der Waals surface area contributed by atoms with Gasteiger partial charge in [-0.05, 0) is 25.5 Å². The van der Waals surface area contributed by atoms with Crippen LogP contribution in [0.4, 0.5) is 0 Å². The minimum atomic E-state index is -1.82. The number of nitrogens with zero attached hydrogens (tertiary/aromatic N) is 3. The van der Waals surface area contributed by atoms with E-state index in [0.717, 1.165) is 31.6 Å². The molecule has 0 fully saturated rings. The van der Waals surface area contributed by atoms with E-state index in [0.29, 0.717) is 12.5 Å². The molecule has 0 radical (unpaired) electrons. The quantitative estimate of drug-likeness (QED) is 0.579. The Morgan fingerprint density at radius 3 is 2.64 bits per heavy atom. The normalized spacial score (nSPS) is 14.6. The number of aliphatic carboxylic acids is 2. The smallest absolute Gasteiger partial charge is 0.414 e. The first-order chi connectivity index (χ1) is 12.0. The number of carboxylic acids is 2. The summed E-state index contributed by atoms with van der Waals surface area (Å²) >= 11 is 1.22. The predicted octanol–water partition coefficient (Wildman–Crippen LogP) is 2.15. The molecule has 0 aromatic carbocycles. The highest BCUT2D eigenvalue weighted by Crippen LogP contribution is 2.26. The number of hydrogen-bond donors (Lipinski definition) is 2. The summed E-state index contributed by atoms with van der Waals surface area (Å²) in [6.07, 6.45) is 9.78. The number of aromatic nitrogens is 2. The van der Waals surface area contributed by atoms with E-state index < -0.39 is 11.9 Å². The lowest BCUT2D eigenvalue weighted by atomic mass is 10.1. The van der Waals surface area contributed by atoms with Gasteiger partial charge in [0.1, 0.15) is 12.3 Å². The molecule has 25 heavy (non-hydrogen) atoms. The summed E-state index contributed by atoms with van der Waals surface area (Å²) < 4.78 is 14.3. The van der Waals surface area contributed by atoms with Crippen molar-refractivity contribution in [3.8, 4) is 5.88 Å². The number of rotatable bonds is 6. The standard InChI is InChI=1S/C14H21N3OS.C2H2O4/c1-3-4-5-6-10-18-14-13(15-19-16-14)12-8-7-9-17(2)11-12;3-1(4)2(5)6/h5-6,8H,3-4,7,9-11H2,1-2H3;(H,3,4)(H,5,6)/b6-5+;. The van der Waals surface area contributed by atoms with Crippen LogP contribution in [0.15, 0.2) is 18.2 Å². The van der Waals surface area contributed by atoms with Crippen molar-refractivity contribution in [3.63, 3.8) is 0 Å². The fraction of sp³-hybridized carbons (Fsp3) is 0.500. The van der Waals surface area contributed by atoms with Crippen molar-refractivity contribution < 1.29 is 24.5 Å². The molecule has 8 nitrogen and oxygen atoms in total. The Morgan fingerprint density at radius 1 is 1.32 bits per heavy atom. The summed E-state index contributed by atoms with van der Waals surface area (Å²) in [5, 5.41) is 14.8. The Kier molecular flexibility index (Phi) is 9.41. The van der Waals surface area contributed by atoms with Gasteiger partial charge < -0.3 is 19.8 Å². The van der Waals surface area contributed by atoms with Crippen molar-refractivity contribution in [1.82, 2.24) is 13.6 Å². The Morgan fingerprint density at radius 2 is 2.04 bits per heavy atom. The van der Waals surface area contributed by atoms with Gasteiger partial charge in [-0.3, -0.25) is 0 Å². The van der Waals surface area contributed by atoms with Crippen molar-refractivity contribution in [2.75, 3.05) is 26.7 Å². The molecular weight excluding hydrogens is 346 g/mol. The average molecular weight is 369 g/mol. The molecular formula is C16H23N3O5S. The van der Waals surface area contributed by atoms with Gasteiger partial charge in [0, 0.05) is 13.1 Å². The van der Waals surface area contributed by atoms with E-state index in [-0.39, 0.29) is 0 Å². The van der Waals surface area contributed by atoms with Gasteiger partial charge in [0.05, 0.1) is 11.7 Å². The highest BCUT2D eigenvalue weighted by molar-refractivity contribution is 6.99. The first kappa shape index (κ1) is 20.8. The molecule has 0 aliphatic carbocycles. The zero-order chi connectivity index (χ0) is 18.7. The topological polar surface area (TPSA) is 113 Å². The third kappa shape index (κ3) is 7.90. The summed E-state index contributed by atoms with van der Waals surface area (Å²) in [7, 11) is 2.13. The van der Waals surface area contributed by atoms with Gasteiger partial charge in [0.15, 0.2) is 0 Å². The molecule has 1 aromatic rings. The fourth-order valence-electron chi connectivity index (χ4n) is 2.02. The molecule has 0 atom stereocenters. The second-order valence-corrected chi connectivity index (χ2v) is 5.88. The van der Waals surface area contributed by atoms with E-state index >= 15 is 0 Å². The van der Waals surface area contributed by atoms with E-state index in [2.05, 4.69) is 39.8 Å². The molecule has 1 aliphatic rings. The molecule has 0 saturated heterocycles. The van der Waals surface area contributed by atoms with Crippen LogP contribution in [0.1, 0.15) is 31.9 Å². The predicted molar refractivity (Wildman–Crippen MR) is 94.8 cm³/mol. The van der Waals surface area contributed by atoms with E-state index in [4.69, 9.17) is 24.5 Å². The summed E-state index contributed by atoms with van der Waals surface area (Å²) in [5.74, 6) is -2.97. The zero-order valence-corrected chi connectivity index (χ0v) is 15.2. The highest BCUT2D eigenvalue weighted by atomic mass is 32.1. The average Bonchev–Trinajstić information content (AvgIpc) is 3.03. The van der Waals surface area contributed by atoms with Crippen LogP contribution in [-0.2, 0) is 9.59 Å². The van der Waals surface area contributed by atoms with Crippen molar-refractivity contribution >= 4 is 29.2 Å². The molecule has 0 spiro atoms. The number of hydrogen-bond acceptors (Lipinski definition) is 7. The fourth-order valence-corrected chi connectivity index (χ4v) is 2.55. The number of unbranched alkanes of at least 4 members (excludes halogenated alkanes) is 1. The SMILES string of the molecule is CCC/C=C/COc1nsnc1C1=CCCN(C)C1.O=C(O)C(=O)O.